The highest BCUT2D eigenvalue weighted by atomic mass is 79.9. The Labute approximate surface area is 122 Å². The molecule has 1 aromatic carbocycles. The molecule has 3 rings (SSSR count). The summed E-state index contributed by atoms with van der Waals surface area (Å²) < 4.78 is 14.5. The number of rotatable bonds is 1. The van der Waals surface area contributed by atoms with Crippen LogP contribution < -0.4 is 10.2 Å². The first-order valence-electron chi connectivity index (χ1n) is 7.06. The zero-order chi connectivity index (χ0) is 13.5. The molecule has 1 spiro atoms. The first kappa shape index (κ1) is 13.4. The van der Waals surface area contributed by atoms with Crippen LogP contribution in [0.15, 0.2) is 22.7 Å². The van der Waals surface area contributed by atoms with Crippen molar-refractivity contribution >= 4 is 21.6 Å². The minimum atomic E-state index is -0.163. The van der Waals surface area contributed by atoms with Crippen LogP contribution in [0.4, 0.5) is 10.1 Å². The second kappa shape index (κ2) is 5.06. The zero-order valence-corrected chi connectivity index (χ0v) is 12.8. The molecule has 0 radical (unpaired) electrons. The van der Waals surface area contributed by atoms with Gasteiger partial charge in [0, 0.05) is 29.1 Å². The molecule has 1 saturated carbocycles. The van der Waals surface area contributed by atoms with Crippen LogP contribution in [-0.2, 0) is 0 Å². The molecule has 104 valence electrons. The molecule has 1 heterocycles. The summed E-state index contributed by atoms with van der Waals surface area (Å²) in [6.45, 7) is 4.16. The minimum Gasteiger partial charge on any atom is -0.365 e. The van der Waals surface area contributed by atoms with Crippen molar-refractivity contribution in [2.45, 2.75) is 44.2 Å². The molecule has 19 heavy (non-hydrogen) atoms. The van der Waals surface area contributed by atoms with Crippen molar-refractivity contribution in [2.75, 3.05) is 18.0 Å². The predicted molar refractivity (Wildman–Crippen MR) is 80.1 cm³/mol. The lowest BCUT2D eigenvalue weighted by atomic mass is 9.92. The lowest BCUT2D eigenvalue weighted by Crippen LogP contribution is -2.62. The van der Waals surface area contributed by atoms with Crippen LogP contribution >= 0.6 is 15.9 Å². The fraction of sp³-hybridized carbons (Fsp3) is 0.600. The SMILES string of the molecule is CC1CNC2(CCCC2)CN1c1cc(F)ccc1Br. The van der Waals surface area contributed by atoms with E-state index >= 15 is 0 Å². The van der Waals surface area contributed by atoms with Gasteiger partial charge >= 0.3 is 0 Å². The van der Waals surface area contributed by atoms with Crippen LogP contribution in [-0.4, -0.2) is 24.7 Å². The smallest absolute Gasteiger partial charge is 0.125 e. The third kappa shape index (κ3) is 2.52. The van der Waals surface area contributed by atoms with Crippen LogP contribution in [0.5, 0.6) is 0 Å². The highest BCUT2D eigenvalue weighted by Gasteiger charge is 2.40. The largest absolute Gasteiger partial charge is 0.365 e. The van der Waals surface area contributed by atoms with Crippen LogP contribution in [0.3, 0.4) is 0 Å². The molecular formula is C15H20BrFN2. The molecule has 4 heteroatoms. The molecule has 1 N–H and O–H groups in total. The van der Waals surface area contributed by atoms with E-state index in [1.807, 2.05) is 0 Å². The minimum absolute atomic E-state index is 0.163. The van der Waals surface area contributed by atoms with Gasteiger partial charge in [-0.15, -0.1) is 0 Å². The third-order valence-corrected chi connectivity index (χ3v) is 5.23. The summed E-state index contributed by atoms with van der Waals surface area (Å²) >= 11 is 3.56. The van der Waals surface area contributed by atoms with E-state index in [1.165, 1.54) is 31.7 Å². The summed E-state index contributed by atoms with van der Waals surface area (Å²) in [6, 6.07) is 5.35. The molecule has 2 nitrogen and oxygen atoms in total. The van der Waals surface area contributed by atoms with Gasteiger partial charge < -0.3 is 10.2 Å². The summed E-state index contributed by atoms with van der Waals surface area (Å²) in [5, 5.41) is 3.73. The lowest BCUT2D eigenvalue weighted by Gasteiger charge is -2.46. The van der Waals surface area contributed by atoms with Crippen molar-refractivity contribution in [3.05, 3.63) is 28.5 Å². The monoisotopic (exact) mass is 326 g/mol. The van der Waals surface area contributed by atoms with Crippen molar-refractivity contribution < 1.29 is 4.39 Å². The first-order chi connectivity index (χ1) is 9.10. The van der Waals surface area contributed by atoms with Crippen molar-refractivity contribution in [3.63, 3.8) is 0 Å². The Balaban J connectivity index is 1.91. The fourth-order valence-corrected chi connectivity index (χ4v) is 3.90. The number of benzene rings is 1. The van der Waals surface area contributed by atoms with E-state index in [4.69, 9.17) is 0 Å². The van der Waals surface area contributed by atoms with Gasteiger partial charge in [0.25, 0.3) is 0 Å². The summed E-state index contributed by atoms with van der Waals surface area (Å²) in [5.74, 6) is -0.163. The number of anilines is 1. The topological polar surface area (TPSA) is 15.3 Å². The van der Waals surface area contributed by atoms with Crippen molar-refractivity contribution in [1.82, 2.24) is 5.32 Å². The zero-order valence-electron chi connectivity index (χ0n) is 11.3. The molecule has 1 aliphatic heterocycles. The molecule has 1 unspecified atom stereocenters. The van der Waals surface area contributed by atoms with Gasteiger partial charge in [0.05, 0.1) is 5.69 Å². The number of piperazine rings is 1. The maximum atomic E-state index is 13.5. The van der Waals surface area contributed by atoms with Crippen molar-refractivity contribution in [2.24, 2.45) is 0 Å². The number of hydrogen-bond donors (Lipinski definition) is 1. The quantitative estimate of drug-likeness (QED) is 0.846. The van der Waals surface area contributed by atoms with Crippen LogP contribution in [0.25, 0.3) is 0 Å². The van der Waals surface area contributed by atoms with Crippen LogP contribution in [0.1, 0.15) is 32.6 Å². The van der Waals surface area contributed by atoms with Crippen LogP contribution in [0.2, 0.25) is 0 Å². The summed E-state index contributed by atoms with van der Waals surface area (Å²) in [4.78, 5) is 2.36. The molecule has 1 saturated heterocycles. The second-order valence-corrected chi connectivity index (χ2v) is 6.80. The van der Waals surface area contributed by atoms with E-state index in [9.17, 15) is 4.39 Å². The van der Waals surface area contributed by atoms with Gasteiger partial charge in [0.15, 0.2) is 0 Å². The van der Waals surface area contributed by atoms with E-state index in [-0.39, 0.29) is 11.4 Å². The number of hydrogen-bond acceptors (Lipinski definition) is 2. The van der Waals surface area contributed by atoms with E-state index in [1.54, 1.807) is 12.1 Å². The normalized spacial score (nSPS) is 26.1. The van der Waals surface area contributed by atoms with Gasteiger partial charge in [-0.25, -0.2) is 4.39 Å². The Bertz CT molecular complexity index is 471. The van der Waals surface area contributed by atoms with Gasteiger partial charge in [-0.1, -0.05) is 12.8 Å². The molecule has 1 aliphatic carbocycles. The predicted octanol–water partition coefficient (Wildman–Crippen LogP) is 3.70. The maximum Gasteiger partial charge on any atom is 0.125 e. The van der Waals surface area contributed by atoms with Gasteiger partial charge in [-0.3, -0.25) is 0 Å². The second-order valence-electron chi connectivity index (χ2n) is 5.94. The van der Waals surface area contributed by atoms with E-state index in [2.05, 4.69) is 33.1 Å². The van der Waals surface area contributed by atoms with Gasteiger partial charge in [0.1, 0.15) is 5.82 Å². The molecule has 1 atom stereocenters. The Kier molecular flexibility index (Phi) is 3.56. The number of halogens is 2. The summed E-state index contributed by atoms with van der Waals surface area (Å²) in [7, 11) is 0. The first-order valence-corrected chi connectivity index (χ1v) is 7.86. The average molecular weight is 327 g/mol. The van der Waals surface area contributed by atoms with Crippen molar-refractivity contribution in [1.29, 1.82) is 0 Å². The fourth-order valence-electron chi connectivity index (χ4n) is 3.43. The van der Waals surface area contributed by atoms with Crippen LogP contribution in [0, 0.1) is 5.82 Å². The number of nitrogens with zero attached hydrogens (tertiary/aromatic N) is 1. The Morgan fingerprint density at radius 1 is 1.37 bits per heavy atom. The summed E-state index contributed by atoms with van der Waals surface area (Å²) in [5.41, 5.74) is 1.23. The van der Waals surface area contributed by atoms with Gasteiger partial charge in [-0.05, 0) is 53.9 Å². The molecule has 2 fully saturated rings. The third-order valence-electron chi connectivity index (χ3n) is 4.56. The Morgan fingerprint density at radius 3 is 2.84 bits per heavy atom. The molecule has 1 aromatic rings. The molecule has 0 amide bonds. The van der Waals surface area contributed by atoms with E-state index in [0.29, 0.717) is 6.04 Å². The molecule has 0 aromatic heterocycles. The standard InChI is InChI=1S/C15H20BrFN2/c1-11-9-18-15(6-2-3-7-15)10-19(11)14-8-12(17)4-5-13(14)16/h4-5,8,11,18H,2-3,6-7,9-10H2,1H3. The summed E-state index contributed by atoms with van der Waals surface area (Å²) in [6.07, 6.45) is 5.09. The van der Waals surface area contributed by atoms with E-state index in [0.717, 1.165) is 23.2 Å². The molecule has 0 bridgehead atoms. The Morgan fingerprint density at radius 2 is 2.11 bits per heavy atom. The maximum absolute atomic E-state index is 13.5. The van der Waals surface area contributed by atoms with Gasteiger partial charge in [-0.2, -0.15) is 0 Å². The highest BCUT2D eigenvalue weighted by molar-refractivity contribution is 9.10. The Hall–Kier alpha value is -0.610. The van der Waals surface area contributed by atoms with E-state index < -0.39 is 0 Å². The molecular weight excluding hydrogens is 307 g/mol. The van der Waals surface area contributed by atoms with Gasteiger partial charge in [0.2, 0.25) is 0 Å². The molecule has 2 aliphatic rings. The van der Waals surface area contributed by atoms with Crippen molar-refractivity contribution in [3.8, 4) is 0 Å². The average Bonchev–Trinajstić information content (AvgIpc) is 2.84. The lowest BCUT2D eigenvalue weighted by molar-refractivity contribution is 0.276. The highest BCUT2D eigenvalue weighted by Crippen LogP contribution is 2.37. The number of nitrogens with one attached hydrogen (secondary N) is 1.